The summed E-state index contributed by atoms with van der Waals surface area (Å²) in [5.74, 6) is 7.17. The number of hydrogen-bond acceptors (Lipinski definition) is 7. The van der Waals surface area contributed by atoms with Gasteiger partial charge in [0.15, 0.2) is 0 Å². The van der Waals surface area contributed by atoms with Crippen molar-refractivity contribution in [1.82, 2.24) is 14.7 Å². The SMILES string of the molecule is COc1ccc(NC(=O)N2CCCCN3[C@H](COCCC(=O)OCCN(C)C)[C@H](c4ccc(C#Cc5ccccc5)cc4)[C@@H]3C2)cc1. The second kappa shape index (κ2) is 17.0. The van der Waals surface area contributed by atoms with Crippen molar-refractivity contribution < 1.29 is 23.8 Å². The lowest BCUT2D eigenvalue weighted by molar-refractivity contribution is -0.145. The number of nitrogens with zero attached hydrogens (tertiary/aromatic N) is 3. The number of nitrogens with one attached hydrogen (secondary N) is 1. The molecule has 2 heterocycles. The van der Waals surface area contributed by atoms with E-state index in [1.165, 1.54) is 5.56 Å². The molecule has 0 radical (unpaired) electrons. The number of methoxy groups -OCH3 is 1. The van der Waals surface area contributed by atoms with Crippen LogP contribution >= 0.6 is 0 Å². The fraction of sp³-hybridized carbons (Fsp3) is 0.421. The van der Waals surface area contributed by atoms with Gasteiger partial charge < -0.3 is 29.3 Å². The second-order valence-corrected chi connectivity index (χ2v) is 12.3. The van der Waals surface area contributed by atoms with Crippen LogP contribution in [0.25, 0.3) is 0 Å². The van der Waals surface area contributed by atoms with E-state index in [1.807, 2.05) is 78.5 Å². The van der Waals surface area contributed by atoms with Crippen LogP contribution in [-0.4, -0.2) is 106 Å². The molecular formula is C38H46N4O5. The number of benzene rings is 3. The summed E-state index contributed by atoms with van der Waals surface area (Å²) >= 11 is 0. The summed E-state index contributed by atoms with van der Waals surface area (Å²) in [7, 11) is 5.52. The van der Waals surface area contributed by atoms with Crippen molar-refractivity contribution in [3.8, 4) is 17.6 Å². The van der Waals surface area contributed by atoms with Crippen LogP contribution in [0, 0.1) is 11.8 Å². The van der Waals surface area contributed by atoms with Crippen molar-refractivity contribution in [2.24, 2.45) is 0 Å². The van der Waals surface area contributed by atoms with Gasteiger partial charge in [-0.15, -0.1) is 0 Å². The Morgan fingerprint density at radius 1 is 0.894 bits per heavy atom. The third kappa shape index (κ3) is 9.58. The highest BCUT2D eigenvalue weighted by Gasteiger charge is 2.50. The summed E-state index contributed by atoms with van der Waals surface area (Å²) in [6, 6.07) is 26.0. The number of amides is 2. The van der Waals surface area contributed by atoms with Crippen LogP contribution in [-0.2, 0) is 14.3 Å². The largest absolute Gasteiger partial charge is 0.497 e. The number of esters is 1. The Morgan fingerprint density at radius 2 is 1.60 bits per heavy atom. The van der Waals surface area contributed by atoms with Crippen LogP contribution in [0.4, 0.5) is 10.5 Å². The zero-order chi connectivity index (χ0) is 33.0. The van der Waals surface area contributed by atoms with E-state index in [4.69, 9.17) is 14.2 Å². The Bertz CT molecular complexity index is 1500. The molecule has 0 saturated carbocycles. The third-order valence-corrected chi connectivity index (χ3v) is 8.77. The summed E-state index contributed by atoms with van der Waals surface area (Å²) in [4.78, 5) is 32.1. The van der Waals surface area contributed by atoms with Gasteiger partial charge in [-0.05, 0) is 87.6 Å². The summed E-state index contributed by atoms with van der Waals surface area (Å²) in [6.45, 7) is 4.13. The lowest BCUT2D eigenvalue weighted by Gasteiger charge is -2.57. The van der Waals surface area contributed by atoms with Gasteiger partial charge >= 0.3 is 12.0 Å². The molecule has 47 heavy (non-hydrogen) atoms. The Kier molecular flexibility index (Phi) is 12.3. The van der Waals surface area contributed by atoms with E-state index in [2.05, 4.69) is 46.3 Å². The van der Waals surface area contributed by atoms with Gasteiger partial charge in [-0.25, -0.2) is 4.79 Å². The maximum atomic E-state index is 13.5. The highest BCUT2D eigenvalue weighted by Crippen LogP contribution is 2.42. The van der Waals surface area contributed by atoms with E-state index in [-0.39, 0.29) is 36.4 Å². The number of rotatable bonds is 11. The average Bonchev–Trinajstić information content (AvgIpc) is 3.07. The first-order valence-corrected chi connectivity index (χ1v) is 16.4. The van der Waals surface area contributed by atoms with Gasteiger partial charge in [-0.2, -0.15) is 0 Å². The minimum Gasteiger partial charge on any atom is -0.497 e. The molecule has 5 rings (SSSR count). The lowest BCUT2D eigenvalue weighted by atomic mass is 9.74. The fourth-order valence-corrected chi connectivity index (χ4v) is 6.21. The van der Waals surface area contributed by atoms with Gasteiger partial charge in [0.1, 0.15) is 12.4 Å². The minimum atomic E-state index is -0.244. The molecule has 9 nitrogen and oxygen atoms in total. The standard InChI is InChI=1S/C38H46N4O5/c1-40(2)24-26-47-36(43)21-25-46-28-35-37(31-15-13-30(14-16-31)12-11-29-9-5-4-6-10-29)34-27-41(22-7-8-23-42(34)35)38(44)39-32-17-19-33(45-3)20-18-32/h4-6,9-10,13-20,34-35,37H,7-8,21-28H2,1-3H3,(H,39,44)/t34-,35+,37+/m0/s1. The maximum Gasteiger partial charge on any atom is 0.321 e. The molecule has 0 aromatic heterocycles. The van der Waals surface area contributed by atoms with Crippen molar-refractivity contribution in [2.75, 3.05) is 72.5 Å². The van der Waals surface area contributed by atoms with Gasteiger partial charge in [-0.1, -0.05) is 42.2 Å². The highest BCUT2D eigenvalue weighted by atomic mass is 16.5. The molecule has 3 atom stereocenters. The monoisotopic (exact) mass is 638 g/mol. The molecule has 2 fully saturated rings. The Morgan fingerprint density at radius 3 is 2.30 bits per heavy atom. The van der Waals surface area contributed by atoms with E-state index in [0.717, 1.165) is 42.0 Å². The molecule has 9 heteroatoms. The van der Waals surface area contributed by atoms with Gasteiger partial charge in [0.25, 0.3) is 0 Å². The Labute approximate surface area is 278 Å². The maximum absolute atomic E-state index is 13.5. The quantitative estimate of drug-likeness (QED) is 0.178. The van der Waals surface area contributed by atoms with E-state index >= 15 is 0 Å². The predicted molar refractivity (Wildman–Crippen MR) is 184 cm³/mol. The number of anilines is 1. The molecule has 2 aliphatic heterocycles. The first kappa shape index (κ1) is 34.0. The Hall–Kier alpha value is -4.36. The van der Waals surface area contributed by atoms with Gasteiger partial charge in [0.05, 0.1) is 26.7 Å². The van der Waals surface area contributed by atoms with Crippen LogP contribution in [0.5, 0.6) is 5.75 Å². The van der Waals surface area contributed by atoms with Crippen molar-refractivity contribution in [1.29, 1.82) is 0 Å². The van der Waals surface area contributed by atoms with E-state index in [0.29, 0.717) is 39.5 Å². The van der Waals surface area contributed by atoms with Crippen molar-refractivity contribution >= 4 is 17.7 Å². The van der Waals surface area contributed by atoms with E-state index in [9.17, 15) is 9.59 Å². The molecule has 0 unspecified atom stereocenters. The number of fused-ring (bicyclic) bond motifs is 1. The summed E-state index contributed by atoms with van der Waals surface area (Å²) in [5.41, 5.74) is 3.86. The van der Waals surface area contributed by atoms with Crippen molar-refractivity contribution in [3.05, 3.63) is 95.6 Å². The molecule has 248 valence electrons. The zero-order valence-corrected chi connectivity index (χ0v) is 27.7. The highest BCUT2D eigenvalue weighted by molar-refractivity contribution is 5.89. The molecule has 3 aromatic rings. The molecule has 2 aliphatic rings. The van der Waals surface area contributed by atoms with Gasteiger partial charge in [-0.3, -0.25) is 9.69 Å². The first-order valence-electron chi connectivity index (χ1n) is 16.4. The number of ether oxygens (including phenoxy) is 3. The number of carbonyl (C=O) groups excluding carboxylic acids is 2. The molecular weight excluding hydrogens is 592 g/mol. The molecule has 0 spiro atoms. The first-order chi connectivity index (χ1) is 22.9. The van der Waals surface area contributed by atoms with Crippen LogP contribution in [0.2, 0.25) is 0 Å². The van der Waals surface area contributed by atoms with Crippen LogP contribution < -0.4 is 10.1 Å². The molecule has 2 amide bonds. The van der Waals surface area contributed by atoms with Crippen LogP contribution in [0.15, 0.2) is 78.9 Å². The normalized spacial score (nSPS) is 19.3. The topological polar surface area (TPSA) is 83.6 Å². The molecule has 0 bridgehead atoms. The predicted octanol–water partition coefficient (Wildman–Crippen LogP) is 5.07. The summed E-state index contributed by atoms with van der Waals surface area (Å²) in [5, 5.41) is 3.07. The smallest absolute Gasteiger partial charge is 0.321 e. The molecule has 0 aliphatic carbocycles. The molecule has 1 N–H and O–H groups in total. The number of carbonyl (C=O) groups is 2. The van der Waals surface area contributed by atoms with Crippen LogP contribution in [0.1, 0.15) is 41.9 Å². The summed E-state index contributed by atoms with van der Waals surface area (Å²) < 4.78 is 16.7. The third-order valence-electron chi connectivity index (χ3n) is 8.77. The zero-order valence-electron chi connectivity index (χ0n) is 27.7. The van der Waals surface area contributed by atoms with Crippen molar-refractivity contribution in [3.63, 3.8) is 0 Å². The van der Waals surface area contributed by atoms with E-state index in [1.54, 1.807) is 7.11 Å². The van der Waals surface area contributed by atoms with Gasteiger partial charge in [0, 0.05) is 54.5 Å². The fourth-order valence-electron chi connectivity index (χ4n) is 6.21. The van der Waals surface area contributed by atoms with Crippen molar-refractivity contribution in [2.45, 2.75) is 37.3 Å². The average molecular weight is 639 g/mol. The Balaban J connectivity index is 1.27. The number of urea groups is 1. The van der Waals surface area contributed by atoms with Gasteiger partial charge in [0.2, 0.25) is 0 Å². The lowest BCUT2D eigenvalue weighted by Crippen LogP contribution is -2.68. The number of likely N-dealkylation sites (N-methyl/N-ethyl adjacent to an activating group) is 1. The second-order valence-electron chi connectivity index (χ2n) is 12.3. The number of hydrogen-bond donors (Lipinski definition) is 1. The molecule has 3 aromatic carbocycles. The van der Waals surface area contributed by atoms with Crippen LogP contribution in [0.3, 0.4) is 0 Å². The molecule has 2 saturated heterocycles. The summed E-state index contributed by atoms with van der Waals surface area (Å²) in [6.07, 6.45) is 2.13. The van der Waals surface area contributed by atoms with E-state index < -0.39 is 0 Å². The minimum absolute atomic E-state index is 0.102.